The number of rotatable bonds is 6. The Hall–Kier alpha value is -2.49. The second-order valence-electron chi connectivity index (χ2n) is 6.57. The molecule has 0 aromatic heterocycles. The molecule has 0 atom stereocenters. The topological polar surface area (TPSA) is 107 Å². The number of carbonyl (C=O) groups excluding carboxylic acids is 1. The van der Waals surface area contributed by atoms with Crippen molar-refractivity contribution in [3.63, 3.8) is 0 Å². The van der Waals surface area contributed by atoms with Crippen LogP contribution in [0, 0.1) is 10.1 Å². The van der Waals surface area contributed by atoms with Gasteiger partial charge in [0.05, 0.1) is 21.1 Å². The van der Waals surface area contributed by atoms with Crippen LogP contribution in [0.1, 0.15) is 35.2 Å². The van der Waals surface area contributed by atoms with E-state index in [1.807, 2.05) is 0 Å². The van der Waals surface area contributed by atoms with Crippen molar-refractivity contribution in [1.82, 2.24) is 4.31 Å². The van der Waals surface area contributed by atoms with E-state index in [1.54, 1.807) is 6.07 Å². The van der Waals surface area contributed by atoms with Crippen LogP contribution >= 0.6 is 11.6 Å². The molecule has 154 valence electrons. The number of halogens is 1. The van der Waals surface area contributed by atoms with Gasteiger partial charge in [0.15, 0.2) is 0 Å². The average molecular weight is 439 g/mol. The van der Waals surface area contributed by atoms with Crippen LogP contribution in [0.4, 0.5) is 5.69 Å². The molecule has 1 aliphatic heterocycles. The van der Waals surface area contributed by atoms with Crippen LogP contribution in [-0.4, -0.2) is 36.7 Å². The standard InChI is InChI=1S/C19H19ClN2O6S/c20-16-9-8-14(12-18(16)29(26,27)21-10-4-1-5-11-21)19(23)28-13-15-6-2-3-7-17(15)22(24)25/h2-3,6-9,12H,1,4-5,10-11,13H2. The molecule has 10 heteroatoms. The Morgan fingerprint density at radius 2 is 1.83 bits per heavy atom. The lowest BCUT2D eigenvalue weighted by Crippen LogP contribution is -2.35. The highest BCUT2D eigenvalue weighted by Crippen LogP contribution is 2.28. The fourth-order valence-corrected chi connectivity index (χ4v) is 5.13. The maximum atomic E-state index is 12.9. The minimum Gasteiger partial charge on any atom is -0.457 e. The molecule has 29 heavy (non-hydrogen) atoms. The van der Waals surface area contributed by atoms with E-state index in [0.717, 1.165) is 19.3 Å². The number of hydrogen-bond donors (Lipinski definition) is 0. The van der Waals surface area contributed by atoms with E-state index in [0.29, 0.717) is 13.1 Å². The molecule has 0 spiro atoms. The van der Waals surface area contributed by atoms with Gasteiger partial charge in [-0.05, 0) is 37.1 Å². The molecule has 0 radical (unpaired) electrons. The SMILES string of the molecule is O=C(OCc1ccccc1[N+](=O)[O-])c1ccc(Cl)c(S(=O)(=O)N2CCCCC2)c1. The zero-order valence-electron chi connectivity index (χ0n) is 15.4. The van der Waals surface area contributed by atoms with Crippen molar-refractivity contribution >= 4 is 33.3 Å². The van der Waals surface area contributed by atoms with Gasteiger partial charge in [-0.15, -0.1) is 0 Å². The zero-order valence-corrected chi connectivity index (χ0v) is 17.0. The Kier molecular flexibility index (Phi) is 6.51. The fraction of sp³-hybridized carbons (Fsp3) is 0.316. The summed E-state index contributed by atoms with van der Waals surface area (Å²) >= 11 is 6.10. The molecule has 1 fully saturated rings. The molecule has 1 heterocycles. The second-order valence-corrected chi connectivity index (χ2v) is 8.89. The monoisotopic (exact) mass is 438 g/mol. The van der Waals surface area contributed by atoms with Gasteiger partial charge < -0.3 is 4.74 Å². The second kappa shape index (κ2) is 8.89. The van der Waals surface area contributed by atoms with Crippen LogP contribution in [0.5, 0.6) is 0 Å². The summed E-state index contributed by atoms with van der Waals surface area (Å²) in [5.41, 5.74) is 0.0781. The predicted octanol–water partition coefficient (Wildman–Crippen LogP) is 3.78. The number of sulfonamides is 1. The summed E-state index contributed by atoms with van der Waals surface area (Å²) in [4.78, 5) is 22.8. The molecule has 0 amide bonds. The van der Waals surface area contributed by atoms with Crippen LogP contribution in [0.3, 0.4) is 0 Å². The van der Waals surface area contributed by atoms with Crippen molar-refractivity contribution in [3.8, 4) is 0 Å². The summed E-state index contributed by atoms with van der Waals surface area (Å²) in [6, 6.07) is 9.80. The largest absolute Gasteiger partial charge is 0.457 e. The van der Waals surface area contributed by atoms with Crippen LogP contribution in [0.15, 0.2) is 47.4 Å². The number of benzene rings is 2. The highest BCUT2D eigenvalue weighted by atomic mass is 35.5. The van der Waals surface area contributed by atoms with E-state index in [1.165, 1.54) is 40.7 Å². The van der Waals surface area contributed by atoms with E-state index in [-0.39, 0.29) is 33.3 Å². The zero-order chi connectivity index (χ0) is 21.0. The number of ether oxygens (including phenoxy) is 1. The first-order valence-electron chi connectivity index (χ1n) is 9.00. The highest BCUT2D eigenvalue weighted by Gasteiger charge is 2.29. The van der Waals surface area contributed by atoms with E-state index in [2.05, 4.69) is 0 Å². The minimum atomic E-state index is -3.83. The smallest absolute Gasteiger partial charge is 0.338 e. The summed E-state index contributed by atoms with van der Waals surface area (Å²) < 4.78 is 32.3. The minimum absolute atomic E-state index is 0.00330. The molecule has 1 aliphatic rings. The summed E-state index contributed by atoms with van der Waals surface area (Å²) in [6.45, 7) is 0.503. The molecule has 8 nitrogen and oxygen atoms in total. The highest BCUT2D eigenvalue weighted by molar-refractivity contribution is 7.89. The number of nitrogens with zero attached hydrogens (tertiary/aromatic N) is 2. The van der Waals surface area contributed by atoms with E-state index in [4.69, 9.17) is 16.3 Å². The summed E-state index contributed by atoms with van der Waals surface area (Å²) in [6.07, 6.45) is 2.51. The molecular weight excluding hydrogens is 420 g/mol. The summed E-state index contributed by atoms with van der Waals surface area (Å²) in [7, 11) is -3.83. The van der Waals surface area contributed by atoms with E-state index in [9.17, 15) is 23.3 Å². The van der Waals surface area contributed by atoms with Gasteiger partial charge in [0.1, 0.15) is 11.5 Å². The lowest BCUT2D eigenvalue weighted by molar-refractivity contribution is -0.385. The van der Waals surface area contributed by atoms with Crippen molar-refractivity contribution in [3.05, 3.63) is 68.7 Å². The molecule has 2 aromatic carbocycles. The Morgan fingerprint density at radius 1 is 1.14 bits per heavy atom. The van der Waals surface area contributed by atoms with Crippen molar-refractivity contribution < 1.29 is 22.9 Å². The maximum Gasteiger partial charge on any atom is 0.338 e. The molecule has 0 saturated carbocycles. The third kappa shape index (κ3) is 4.75. The van der Waals surface area contributed by atoms with Gasteiger partial charge in [0.25, 0.3) is 5.69 Å². The van der Waals surface area contributed by atoms with Gasteiger partial charge in [-0.25, -0.2) is 13.2 Å². The molecule has 0 N–H and O–H groups in total. The molecule has 3 rings (SSSR count). The Bertz CT molecular complexity index is 1030. The number of nitro benzene ring substituents is 1. The van der Waals surface area contributed by atoms with E-state index >= 15 is 0 Å². The summed E-state index contributed by atoms with van der Waals surface area (Å²) in [5, 5.41) is 11.1. The fourth-order valence-electron chi connectivity index (χ4n) is 3.11. The van der Waals surface area contributed by atoms with Crippen molar-refractivity contribution in [2.45, 2.75) is 30.8 Å². The molecule has 1 saturated heterocycles. The molecule has 0 unspecified atom stereocenters. The number of piperidine rings is 1. The molecular formula is C19H19ClN2O6S. The number of hydrogen-bond acceptors (Lipinski definition) is 6. The van der Waals surface area contributed by atoms with Gasteiger partial charge >= 0.3 is 5.97 Å². The Morgan fingerprint density at radius 3 is 2.52 bits per heavy atom. The molecule has 0 aliphatic carbocycles. The average Bonchev–Trinajstić information content (AvgIpc) is 2.73. The van der Waals surface area contributed by atoms with Crippen molar-refractivity contribution in [2.24, 2.45) is 0 Å². The summed E-state index contributed by atoms with van der Waals surface area (Å²) in [5.74, 6) is -0.796. The maximum absolute atomic E-state index is 12.9. The number of nitro groups is 1. The third-order valence-electron chi connectivity index (χ3n) is 4.65. The van der Waals surface area contributed by atoms with Crippen LogP contribution in [0.2, 0.25) is 5.02 Å². The third-order valence-corrected chi connectivity index (χ3v) is 7.03. The number of para-hydroxylation sites is 1. The van der Waals surface area contributed by atoms with Gasteiger partial charge in [0, 0.05) is 19.2 Å². The Balaban J connectivity index is 1.80. The van der Waals surface area contributed by atoms with Crippen molar-refractivity contribution in [1.29, 1.82) is 0 Å². The Labute approximate surface area is 173 Å². The van der Waals surface area contributed by atoms with Gasteiger partial charge in [-0.3, -0.25) is 10.1 Å². The van der Waals surface area contributed by atoms with Crippen molar-refractivity contribution in [2.75, 3.05) is 13.1 Å². The number of carbonyl (C=O) groups is 1. The lowest BCUT2D eigenvalue weighted by atomic mass is 10.2. The van der Waals surface area contributed by atoms with Crippen LogP contribution in [0.25, 0.3) is 0 Å². The van der Waals surface area contributed by atoms with Gasteiger partial charge in [-0.2, -0.15) is 4.31 Å². The first kappa shape index (κ1) is 21.2. The number of esters is 1. The lowest BCUT2D eigenvalue weighted by Gasteiger charge is -2.26. The predicted molar refractivity (Wildman–Crippen MR) is 106 cm³/mol. The van der Waals surface area contributed by atoms with Gasteiger partial charge in [-0.1, -0.05) is 30.2 Å². The first-order valence-corrected chi connectivity index (χ1v) is 10.8. The van der Waals surface area contributed by atoms with Crippen LogP contribution < -0.4 is 0 Å². The molecule has 2 aromatic rings. The molecule has 0 bridgehead atoms. The van der Waals surface area contributed by atoms with Gasteiger partial charge in [0.2, 0.25) is 10.0 Å². The van der Waals surface area contributed by atoms with E-state index < -0.39 is 20.9 Å². The quantitative estimate of drug-likeness (QED) is 0.386. The van der Waals surface area contributed by atoms with Crippen LogP contribution in [-0.2, 0) is 21.4 Å². The normalized spacial score (nSPS) is 15.1. The first-order chi connectivity index (χ1) is 13.8.